The number of furan rings is 1. The van der Waals surface area contributed by atoms with Gasteiger partial charge in [-0.15, -0.1) is 11.3 Å². The fraction of sp³-hybridized carbons (Fsp3) is 0.158. The van der Waals surface area contributed by atoms with Gasteiger partial charge in [-0.05, 0) is 30.7 Å². The highest BCUT2D eigenvalue weighted by atomic mass is 32.1. The predicted octanol–water partition coefficient (Wildman–Crippen LogP) is 3.74. The summed E-state index contributed by atoms with van der Waals surface area (Å²) >= 11 is 0.830. The van der Waals surface area contributed by atoms with Gasteiger partial charge in [-0.3, -0.25) is 14.3 Å². The minimum atomic E-state index is -2.83. The van der Waals surface area contributed by atoms with Gasteiger partial charge in [0.15, 0.2) is 0 Å². The molecule has 3 N–H and O–H groups in total. The molecule has 11 heteroatoms. The summed E-state index contributed by atoms with van der Waals surface area (Å²) in [4.78, 5) is 28.7. The summed E-state index contributed by atoms with van der Waals surface area (Å²) in [7, 11) is 0. The summed E-state index contributed by atoms with van der Waals surface area (Å²) in [6.07, 6.45) is 1.85. The van der Waals surface area contributed by atoms with Crippen molar-refractivity contribution < 1.29 is 22.8 Å². The van der Waals surface area contributed by atoms with Crippen LogP contribution in [-0.4, -0.2) is 26.6 Å². The quantitative estimate of drug-likeness (QED) is 0.482. The van der Waals surface area contributed by atoms with Crippen molar-refractivity contribution in [3.8, 4) is 11.3 Å². The number of alkyl halides is 2. The van der Waals surface area contributed by atoms with Crippen molar-refractivity contribution in [2.45, 2.75) is 19.9 Å². The summed E-state index contributed by atoms with van der Waals surface area (Å²) in [5.41, 5.74) is 6.26. The van der Waals surface area contributed by atoms with Crippen LogP contribution in [0.3, 0.4) is 0 Å². The molecule has 0 unspecified atom stereocenters. The Morgan fingerprint density at radius 2 is 2.20 bits per heavy atom. The zero-order chi connectivity index (χ0) is 21.4. The zero-order valence-corrected chi connectivity index (χ0v) is 16.4. The molecule has 0 aliphatic rings. The lowest BCUT2D eigenvalue weighted by Gasteiger charge is -2.09. The molecular formula is C19H15F2N5O3S. The van der Waals surface area contributed by atoms with E-state index in [1.54, 1.807) is 24.5 Å². The van der Waals surface area contributed by atoms with Crippen molar-refractivity contribution in [3.63, 3.8) is 0 Å². The standard InChI is InChI=1S/C19H15F2N5O3S/c1-9-6-23-26(7-9)8-13(27)25-15-14-10(12-3-2-4-29-12)5-11(17(20)21)24-19(14)30-16(15)18(22)28/h2-7,17H,8H2,1H3,(H2,22,28)(H,25,27). The number of fused-ring (bicyclic) bond motifs is 1. The average Bonchev–Trinajstić information content (AvgIpc) is 3.41. The van der Waals surface area contributed by atoms with Gasteiger partial charge in [0.25, 0.3) is 12.3 Å². The maximum Gasteiger partial charge on any atom is 0.280 e. The number of aryl methyl sites for hydroxylation is 1. The van der Waals surface area contributed by atoms with Crippen LogP contribution < -0.4 is 11.1 Å². The van der Waals surface area contributed by atoms with Crippen molar-refractivity contribution in [1.82, 2.24) is 14.8 Å². The Balaban J connectivity index is 1.85. The molecule has 0 radical (unpaired) electrons. The third kappa shape index (κ3) is 3.66. The van der Waals surface area contributed by atoms with Crippen LogP contribution >= 0.6 is 11.3 Å². The first-order chi connectivity index (χ1) is 14.3. The second-order valence-corrected chi connectivity index (χ2v) is 7.49. The molecule has 4 rings (SSSR count). The number of pyridine rings is 1. The number of thiophene rings is 1. The largest absolute Gasteiger partial charge is 0.464 e. The van der Waals surface area contributed by atoms with E-state index < -0.39 is 23.9 Å². The number of anilines is 1. The van der Waals surface area contributed by atoms with Crippen LogP contribution in [0.2, 0.25) is 0 Å². The number of aromatic nitrogens is 3. The van der Waals surface area contributed by atoms with E-state index in [0.717, 1.165) is 16.9 Å². The van der Waals surface area contributed by atoms with Gasteiger partial charge in [0, 0.05) is 17.1 Å². The van der Waals surface area contributed by atoms with Crippen LogP contribution in [0.15, 0.2) is 41.3 Å². The third-order valence-electron chi connectivity index (χ3n) is 4.25. The molecule has 0 saturated carbocycles. The Morgan fingerprint density at radius 3 is 2.80 bits per heavy atom. The summed E-state index contributed by atoms with van der Waals surface area (Å²) in [6.45, 7) is 1.73. The molecule has 30 heavy (non-hydrogen) atoms. The van der Waals surface area contributed by atoms with Gasteiger partial charge in [-0.25, -0.2) is 13.8 Å². The molecule has 0 spiro atoms. The molecule has 4 heterocycles. The van der Waals surface area contributed by atoms with E-state index in [2.05, 4.69) is 15.4 Å². The molecule has 0 saturated heterocycles. The molecule has 0 fully saturated rings. The second kappa shape index (κ2) is 7.67. The molecule has 8 nitrogen and oxygen atoms in total. The number of primary amides is 1. The first kappa shape index (κ1) is 19.7. The summed E-state index contributed by atoms with van der Waals surface area (Å²) in [6, 6.07) is 4.36. The van der Waals surface area contributed by atoms with E-state index in [1.165, 1.54) is 17.0 Å². The third-order valence-corrected chi connectivity index (χ3v) is 5.35. The normalized spacial score (nSPS) is 11.3. The number of carbonyl (C=O) groups excluding carboxylic acids is 2. The Labute approximate surface area is 172 Å². The molecule has 0 atom stereocenters. The van der Waals surface area contributed by atoms with Crippen molar-refractivity contribution in [1.29, 1.82) is 0 Å². The van der Waals surface area contributed by atoms with E-state index in [0.29, 0.717) is 5.39 Å². The number of hydrogen-bond donors (Lipinski definition) is 2. The van der Waals surface area contributed by atoms with Crippen molar-refractivity contribution in [2.75, 3.05) is 5.32 Å². The maximum absolute atomic E-state index is 13.4. The van der Waals surface area contributed by atoms with E-state index in [-0.39, 0.29) is 33.3 Å². The molecule has 0 aliphatic heterocycles. The van der Waals surface area contributed by atoms with E-state index >= 15 is 0 Å². The van der Waals surface area contributed by atoms with Gasteiger partial charge in [0.05, 0.1) is 18.1 Å². The van der Waals surface area contributed by atoms with Gasteiger partial charge in [-0.2, -0.15) is 5.10 Å². The smallest absolute Gasteiger partial charge is 0.280 e. The first-order valence-electron chi connectivity index (χ1n) is 8.71. The van der Waals surface area contributed by atoms with Crippen LogP contribution in [0.4, 0.5) is 14.5 Å². The SMILES string of the molecule is Cc1cnn(CC(=O)Nc2c(C(N)=O)sc3nc(C(F)F)cc(-c4ccco4)c23)c1. The van der Waals surface area contributed by atoms with Gasteiger partial charge in [0.2, 0.25) is 5.91 Å². The van der Waals surface area contributed by atoms with Crippen molar-refractivity contribution in [3.05, 3.63) is 53.0 Å². The highest BCUT2D eigenvalue weighted by molar-refractivity contribution is 7.21. The minimum Gasteiger partial charge on any atom is -0.464 e. The lowest BCUT2D eigenvalue weighted by Crippen LogP contribution is -2.21. The topological polar surface area (TPSA) is 116 Å². The van der Waals surface area contributed by atoms with Crippen LogP contribution in [0.1, 0.15) is 27.4 Å². The minimum absolute atomic E-state index is 0.00159. The average molecular weight is 431 g/mol. The van der Waals surface area contributed by atoms with Gasteiger partial charge >= 0.3 is 0 Å². The molecule has 0 aromatic carbocycles. The number of rotatable bonds is 6. The number of carbonyl (C=O) groups is 2. The first-order valence-corrected chi connectivity index (χ1v) is 9.53. The number of nitrogens with one attached hydrogen (secondary N) is 1. The number of nitrogens with two attached hydrogens (primary N) is 1. The van der Waals surface area contributed by atoms with Gasteiger partial charge < -0.3 is 15.5 Å². The fourth-order valence-electron chi connectivity index (χ4n) is 3.03. The van der Waals surface area contributed by atoms with Gasteiger partial charge in [-0.1, -0.05) is 0 Å². The van der Waals surface area contributed by atoms with E-state index in [1.807, 2.05) is 6.92 Å². The molecule has 4 aromatic rings. The lowest BCUT2D eigenvalue weighted by molar-refractivity contribution is -0.116. The van der Waals surface area contributed by atoms with Crippen LogP contribution in [-0.2, 0) is 11.3 Å². The van der Waals surface area contributed by atoms with Gasteiger partial charge in [0.1, 0.15) is 27.7 Å². The highest BCUT2D eigenvalue weighted by Gasteiger charge is 2.25. The number of amides is 2. The van der Waals surface area contributed by atoms with Crippen molar-refractivity contribution in [2.24, 2.45) is 5.73 Å². The summed E-state index contributed by atoms with van der Waals surface area (Å²) in [5, 5.41) is 7.02. The predicted molar refractivity (Wildman–Crippen MR) is 106 cm³/mol. The Morgan fingerprint density at radius 1 is 1.40 bits per heavy atom. The summed E-state index contributed by atoms with van der Waals surface area (Å²) < 4.78 is 33.6. The fourth-order valence-corrected chi connectivity index (χ4v) is 4.04. The second-order valence-electron chi connectivity index (χ2n) is 6.49. The lowest BCUT2D eigenvalue weighted by atomic mass is 10.1. The molecule has 0 bridgehead atoms. The molecule has 154 valence electrons. The zero-order valence-electron chi connectivity index (χ0n) is 15.6. The Bertz CT molecular complexity index is 1250. The Hall–Kier alpha value is -3.60. The van der Waals surface area contributed by atoms with Crippen LogP contribution in [0.5, 0.6) is 0 Å². The van der Waals surface area contributed by atoms with E-state index in [4.69, 9.17) is 10.2 Å². The molecule has 0 aliphatic carbocycles. The van der Waals surface area contributed by atoms with Crippen LogP contribution in [0, 0.1) is 6.92 Å². The number of hydrogen-bond acceptors (Lipinski definition) is 6. The molecule has 2 amide bonds. The summed E-state index contributed by atoms with van der Waals surface area (Å²) in [5.74, 6) is -0.993. The van der Waals surface area contributed by atoms with Crippen LogP contribution in [0.25, 0.3) is 21.5 Å². The molecule has 4 aromatic heterocycles. The molecular weight excluding hydrogens is 416 g/mol. The highest BCUT2D eigenvalue weighted by Crippen LogP contribution is 2.42. The number of nitrogens with zero attached hydrogens (tertiary/aromatic N) is 3. The maximum atomic E-state index is 13.4. The Kier molecular flexibility index (Phi) is 5.04. The number of halogens is 2. The van der Waals surface area contributed by atoms with E-state index in [9.17, 15) is 18.4 Å². The monoisotopic (exact) mass is 431 g/mol. The van der Waals surface area contributed by atoms with Crippen molar-refractivity contribution >= 4 is 39.1 Å².